The van der Waals surface area contributed by atoms with Crippen LogP contribution in [0.5, 0.6) is 5.75 Å². The second kappa shape index (κ2) is 4.33. The van der Waals surface area contributed by atoms with E-state index >= 15 is 0 Å². The normalized spacial score (nSPS) is 18.5. The van der Waals surface area contributed by atoms with Gasteiger partial charge in [-0.2, -0.15) is 5.26 Å². The first kappa shape index (κ1) is 10.0. The number of fused-ring (bicyclic) bond motifs is 1. The maximum atomic E-state index is 9.64. The molecule has 1 aromatic rings. The molecule has 0 saturated heterocycles. The van der Waals surface area contributed by atoms with Crippen molar-refractivity contribution in [3.63, 3.8) is 0 Å². The first-order valence-electron chi connectivity index (χ1n) is 5.24. The molecule has 0 fully saturated rings. The highest BCUT2D eigenvalue weighted by molar-refractivity contribution is 5.44. The van der Waals surface area contributed by atoms with Gasteiger partial charge < -0.3 is 10.4 Å². The second-order valence-electron chi connectivity index (χ2n) is 3.80. The summed E-state index contributed by atoms with van der Waals surface area (Å²) < 4.78 is 0. The van der Waals surface area contributed by atoms with Crippen molar-refractivity contribution in [1.29, 1.82) is 5.26 Å². The van der Waals surface area contributed by atoms with E-state index in [4.69, 9.17) is 5.26 Å². The third kappa shape index (κ3) is 1.95. The van der Waals surface area contributed by atoms with Gasteiger partial charge in [-0.3, -0.25) is 0 Å². The van der Waals surface area contributed by atoms with E-state index in [1.165, 1.54) is 5.56 Å². The summed E-state index contributed by atoms with van der Waals surface area (Å²) in [4.78, 5) is 0. The van der Waals surface area contributed by atoms with Crippen molar-refractivity contribution in [3.05, 3.63) is 29.3 Å². The largest absolute Gasteiger partial charge is 0.508 e. The molecule has 0 bridgehead atoms. The number of hydrogen-bond acceptors (Lipinski definition) is 3. The van der Waals surface area contributed by atoms with Gasteiger partial charge in [0.15, 0.2) is 0 Å². The number of benzene rings is 1. The Hall–Kier alpha value is -1.53. The van der Waals surface area contributed by atoms with Gasteiger partial charge in [0.05, 0.1) is 6.07 Å². The van der Waals surface area contributed by atoms with Gasteiger partial charge >= 0.3 is 0 Å². The minimum absolute atomic E-state index is 0.306. The number of phenols is 1. The van der Waals surface area contributed by atoms with Crippen molar-refractivity contribution >= 4 is 0 Å². The molecule has 2 rings (SSSR count). The van der Waals surface area contributed by atoms with Crippen LogP contribution in [0.4, 0.5) is 0 Å². The van der Waals surface area contributed by atoms with Gasteiger partial charge in [0.1, 0.15) is 5.75 Å². The van der Waals surface area contributed by atoms with Crippen LogP contribution in [0.25, 0.3) is 0 Å². The lowest BCUT2D eigenvalue weighted by molar-refractivity contribution is 0.469. The topological polar surface area (TPSA) is 56.0 Å². The van der Waals surface area contributed by atoms with Gasteiger partial charge in [-0.05, 0) is 30.0 Å². The predicted molar refractivity (Wildman–Crippen MR) is 57.4 cm³/mol. The fraction of sp³-hybridized carbons (Fsp3) is 0.417. The molecule has 1 aliphatic rings. The highest BCUT2D eigenvalue weighted by Gasteiger charge is 2.23. The van der Waals surface area contributed by atoms with Crippen molar-refractivity contribution in [3.8, 4) is 11.8 Å². The third-order valence-corrected chi connectivity index (χ3v) is 2.87. The van der Waals surface area contributed by atoms with E-state index in [0.717, 1.165) is 24.9 Å². The first-order valence-corrected chi connectivity index (χ1v) is 5.24. The molecule has 0 amide bonds. The summed E-state index contributed by atoms with van der Waals surface area (Å²) in [6, 6.07) is 8.07. The predicted octanol–water partition coefficient (Wildman–Crippen LogP) is 1.88. The number of nitriles is 1. The van der Waals surface area contributed by atoms with Gasteiger partial charge in [0.2, 0.25) is 0 Å². The Kier molecular flexibility index (Phi) is 2.89. The molecule has 15 heavy (non-hydrogen) atoms. The minimum atomic E-state index is 0.306. The molecule has 2 N–H and O–H groups in total. The average molecular weight is 202 g/mol. The zero-order valence-electron chi connectivity index (χ0n) is 8.53. The van der Waals surface area contributed by atoms with E-state index in [1.807, 2.05) is 12.1 Å². The first-order chi connectivity index (χ1) is 7.33. The standard InChI is InChI=1S/C12H14N2O/c13-7-2-8-14-11-6-5-10-9(11)3-1-4-12(10)15/h1,3-4,11,14-15H,2,5-6,8H2. The molecule has 1 aliphatic carbocycles. The quantitative estimate of drug-likeness (QED) is 0.736. The van der Waals surface area contributed by atoms with Crippen LogP contribution in [0.2, 0.25) is 0 Å². The van der Waals surface area contributed by atoms with Crippen molar-refractivity contribution < 1.29 is 5.11 Å². The molecule has 0 spiro atoms. The van der Waals surface area contributed by atoms with Gasteiger partial charge in [0, 0.05) is 19.0 Å². The Labute approximate surface area is 89.4 Å². The number of aromatic hydroxyl groups is 1. The molecule has 1 atom stereocenters. The van der Waals surface area contributed by atoms with E-state index in [-0.39, 0.29) is 0 Å². The Morgan fingerprint density at radius 2 is 2.40 bits per heavy atom. The lowest BCUT2D eigenvalue weighted by atomic mass is 10.1. The molecule has 0 radical (unpaired) electrons. The molecule has 1 aromatic carbocycles. The monoisotopic (exact) mass is 202 g/mol. The van der Waals surface area contributed by atoms with Crippen LogP contribution in [0.3, 0.4) is 0 Å². The van der Waals surface area contributed by atoms with Gasteiger partial charge in [-0.15, -0.1) is 0 Å². The lowest BCUT2D eigenvalue weighted by Gasteiger charge is -2.12. The molecule has 3 heteroatoms. The molecule has 3 nitrogen and oxygen atoms in total. The summed E-state index contributed by atoms with van der Waals surface area (Å²) in [5.41, 5.74) is 2.25. The van der Waals surface area contributed by atoms with Crippen LogP contribution in [0.1, 0.15) is 30.0 Å². The SMILES string of the molecule is N#CCCNC1CCc2c(O)cccc21. The molecule has 78 valence electrons. The molecular weight excluding hydrogens is 188 g/mol. The van der Waals surface area contributed by atoms with E-state index < -0.39 is 0 Å². The lowest BCUT2D eigenvalue weighted by Crippen LogP contribution is -2.19. The molecule has 0 aromatic heterocycles. The zero-order chi connectivity index (χ0) is 10.7. The number of phenolic OH excluding ortho intramolecular Hbond substituents is 1. The van der Waals surface area contributed by atoms with Crippen LogP contribution in [-0.4, -0.2) is 11.7 Å². The molecule has 0 saturated carbocycles. The highest BCUT2D eigenvalue weighted by Crippen LogP contribution is 2.35. The summed E-state index contributed by atoms with van der Waals surface area (Å²) in [7, 11) is 0. The molecule has 0 heterocycles. The maximum Gasteiger partial charge on any atom is 0.119 e. The Balaban J connectivity index is 2.09. The van der Waals surface area contributed by atoms with Crippen molar-refractivity contribution in [2.24, 2.45) is 0 Å². The average Bonchev–Trinajstić information content (AvgIpc) is 2.64. The highest BCUT2D eigenvalue weighted by atomic mass is 16.3. The summed E-state index contributed by atoms with van der Waals surface area (Å²) in [5, 5.41) is 21.4. The Bertz CT molecular complexity index is 395. The van der Waals surface area contributed by atoms with Gasteiger partial charge in [-0.25, -0.2) is 0 Å². The number of rotatable bonds is 3. The van der Waals surface area contributed by atoms with E-state index in [0.29, 0.717) is 18.2 Å². The Morgan fingerprint density at radius 3 is 3.20 bits per heavy atom. The van der Waals surface area contributed by atoms with Crippen molar-refractivity contribution in [2.75, 3.05) is 6.54 Å². The molecule has 1 unspecified atom stereocenters. The zero-order valence-corrected chi connectivity index (χ0v) is 8.53. The molecule has 0 aliphatic heterocycles. The van der Waals surface area contributed by atoms with Crippen LogP contribution in [-0.2, 0) is 6.42 Å². The van der Waals surface area contributed by atoms with E-state index in [2.05, 4.69) is 11.4 Å². The molecular formula is C12H14N2O. The summed E-state index contributed by atoms with van der Waals surface area (Å²) in [5.74, 6) is 0.400. The van der Waals surface area contributed by atoms with Crippen LogP contribution in [0.15, 0.2) is 18.2 Å². The maximum absolute atomic E-state index is 9.64. The number of nitrogens with one attached hydrogen (secondary N) is 1. The van der Waals surface area contributed by atoms with Crippen LogP contribution < -0.4 is 5.32 Å². The summed E-state index contributed by atoms with van der Waals surface area (Å²) >= 11 is 0. The smallest absolute Gasteiger partial charge is 0.119 e. The number of nitrogens with zero attached hydrogens (tertiary/aromatic N) is 1. The summed E-state index contributed by atoms with van der Waals surface area (Å²) in [6.45, 7) is 0.719. The fourth-order valence-corrected chi connectivity index (χ4v) is 2.15. The number of hydrogen-bond donors (Lipinski definition) is 2. The van der Waals surface area contributed by atoms with Gasteiger partial charge in [0.25, 0.3) is 0 Å². The van der Waals surface area contributed by atoms with Gasteiger partial charge in [-0.1, -0.05) is 12.1 Å². The summed E-state index contributed by atoms with van der Waals surface area (Å²) in [6.07, 6.45) is 2.47. The minimum Gasteiger partial charge on any atom is -0.508 e. The fourth-order valence-electron chi connectivity index (χ4n) is 2.15. The Morgan fingerprint density at radius 1 is 1.53 bits per heavy atom. The second-order valence-corrected chi connectivity index (χ2v) is 3.80. The van der Waals surface area contributed by atoms with Crippen molar-refractivity contribution in [1.82, 2.24) is 5.32 Å². The van der Waals surface area contributed by atoms with Crippen LogP contribution >= 0.6 is 0 Å². The third-order valence-electron chi connectivity index (χ3n) is 2.87. The van der Waals surface area contributed by atoms with E-state index in [1.54, 1.807) is 6.07 Å². The van der Waals surface area contributed by atoms with Crippen molar-refractivity contribution in [2.45, 2.75) is 25.3 Å². The van der Waals surface area contributed by atoms with Crippen LogP contribution in [0, 0.1) is 11.3 Å². The van der Waals surface area contributed by atoms with E-state index in [9.17, 15) is 5.11 Å².